The highest BCUT2D eigenvalue weighted by Gasteiger charge is 2.10. The van der Waals surface area contributed by atoms with Gasteiger partial charge in [-0.1, -0.05) is 20.4 Å². The molecule has 9 heavy (non-hydrogen) atoms. The van der Waals surface area contributed by atoms with E-state index in [4.69, 9.17) is 4.74 Å². The molecule has 1 heteroatoms. The van der Waals surface area contributed by atoms with Crippen molar-refractivity contribution in [3.05, 3.63) is 24.0 Å². The molecule has 0 amide bonds. The summed E-state index contributed by atoms with van der Waals surface area (Å²) in [6.07, 6.45) is 2.02. The van der Waals surface area contributed by atoms with E-state index in [9.17, 15) is 0 Å². The summed E-state index contributed by atoms with van der Waals surface area (Å²) < 4.78 is 5.29. The summed E-state index contributed by atoms with van der Waals surface area (Å²) in [7, 11) is 0. The van der Waals surface area contributed by atoms with E-state index in [1.807, 2.05) is 6.08 Å². The minimum Gasteiger partial charge on any atom is -0.493 e. The lowest BCUT2D eigenvalue weighted by molar-refractivity contribution is 0.230. The minimum absolute atomic E-state index is 0.504. The molecule has 0 aliphatic carbocycles. The smallest absolute Gasteiger partial charge is 0.112 e. The van der Waals surface area contributed by atoms with Crippen LogP contribution in [0.25, 0.3) is 0 Å². The first-order valence-corrected chi connectivity index (χ1v) is 3.22. The van der Waals surface area contributed by atoms with Gasteiger partial charge in [-0.25, -0.2) is 0 Å². The summed E-state index contributed by atoms with van der Waals surface area (Å²) in [5, 5.41) is 0. The quantitative estimate of drug-likeness (QED) is 0.520. The lowest BCUT2D eigenvalue weighted by atomic mass is 10.1. The van der Waals surface area contributed by atoms with Crippen LogP contribution in [0.4, 0.5) is 0 Å². The molecule has 0 saturated carbocycles. The molecule has 1 aliphatic heterocycles. The Morgan fingerprint density at radius 2 is 2.33 bits per heavy atom. The van der Waals surface area contributed by atoms with Crippen LogP contribution in [0.3, 0.4) is 0 Å². The number of rotatable bonds is 1. The average molecular weight is 124 g/mol. The van der Waals surface area contributed by atoms with Crippen molar-refractivity contribution in [1.29, 1.82) is 0 Å². The number of hydrogen-bond donors (Lipinski definition) is 0. The van der Waals surface area contributed by atoms with Gasteiger partial charge < -0.3 is 4.74 Å². The van der Waals surface area contributed by atoms with Crippen LogP contribution in [0.15, 0.2) is 24.0 Å². The zero-order valence-corrected chi connectivity index (χ0v) is 5.98. The summed E-state index contributed by atoms with van der Waals surface area (Å²) in [5.41, 5.74) is 1.08. The van der Waals surface area contributed by atoms with Crippen LogP contribution >= 0.6 is 0 Å². The molecule has 1 heterocycles. The van der Waals surface area contributed by atoms with Crippen molar-refractivity contribution in [2.75, 3.05) is 6.61 Å². The van der Waals surface area contributed by atoms with Crippen molar-refractivity contribution >= 4 is 0 Å². The highest BCUT2D eigenvalue weighted by atomic mass is 16.5. The molecule has 1 rings (SSSR count). The summed E-state index contributed by atoms with van der Waals surface area (Å²) in [4.78, 5) is 0. The third-order valence-corrected chi connectivity index (χ3v) is 1.34. The molecule has 0 aromatic carbocycles. The maximum absolute atomic E-state index is 5.29. The van der Waals surface area contributed by atoms with Crippen molar-refractivity contribution in [1.82, 2.24) is 0 Å². The number of ether oxygens (including phenoxy) is 1. The van der Waals surface area contributed by atoms with E-state index in [2.05, 4.69) is 20.4 Å². The first kappa shape index (κ1) is 6.40. The zero-order chi connectivity index (χ0) is 6.85. The maximum atomic E-state index is 5.29. The second-order valence-corrected chi connectivity index (χ2v) is 2.65. The van der Waals surface area contributed by atoms with Gasteiger partial charge in [0.15, 0.2) is 0 Å². The van der Waals surface area contributed by atoms with Gasteiger partial charge in [0.2, 0.25) is 0 Å². The Labute approximate surface area is 56.0 Å². The van der Waals surface area contributed by atoms with Crippen LogP contribution in [-0.4, -0.2) is 6.61 Å². The fraction of sp³-hybridized carbons (Fsp3) is 0.500. The Morgan fingerprint density at radius 1 is 1.67 bits per heavy atom. The Balaban J connectivity index is 2.62. The van der Waals surface area contributed by atoms with E-state index >= 15 is 0 Å². The topological polar surface area (TPSA) is 9.23 Å². The molecule has 0 atom stereocenters. The maximum Gasteiger partial charge on any atom is 0.112 e. The van der Waals surface area contributed by atoms with Crippen LogP contribution in [0.1, 0.15) is 13.8 Å². The number of allylic oxidation sites excluding steroid dienone is 1. The van der Waals surface area contributed by atoms with Crippen LogP contribution in [0.5, 0.6) is 0 Å². The standard InChI is InChI=1S/C8H12O/c1-6(2)8-4-7(3)5-9-8/h4,6H,3,5H2,1-2H3. The van der Waals surface area contributed by atoms with Gasteiger partial charge in [0, 0.05) is 5.92 Å². The zero-order valence-electron chi connectivity index (χ0n) is 5.98. The highest BCUT2D eigenvalue weighted by Crippen LogP contribution is 2.19. The van der Waals surface area contributed by atoms with Crippen LogP contribution in [-0.2, 0) is 4.74 Å². The van der Waals surface area contributed by atoms with Crippen LogP contribution < -0.4 is 0 Å². The lowest BCUT2D eigenvalue weighted by Crippen LogP contribution is -1.93. The summed E-state index contributed by atoms with van der Waals surface area (Å²) in [6.45, 7) is 8.70. The lowest BCUT2D eigenvalue weighted by Gasteiger charge is -2.04. The minimum atomic E-state index is 0.504. The van der Waals surface area contributed by atoms with Gasteiger partial charge in [0.05, 0.1) is 5.76 Å². The molecule has 0 N–H and O–H groups in total. The molecular formula is C8H12O. The van der Waals surface area contributed by atoms with E-state index in [1.54, 1.807) is 0 Å². The predicted octanol–water partition coefficient (Wildman–Crippen LogP) is 2.11. The predicted molar refractivity (Wildman–Crippen MR) is 38.0 cm³/mol. The Morgan fingerprint density at radius 3 is 2.56 bits per heavy atom. The van der Waals surface area contributed by atoms with Crippen LogP contribution in [0, 0.1) is 5.92 Å². The first-order chi connectivity index (χ1) is 4.20. The fourth-order valence-corrected chi connectivity index (χ4v) is 0.794. The van der Waals surface area contributed by atoms with E-state index < -0.39 is 0 Å². The molecule has 0 saturated heterocycles. The molecule has 0 fully saturated rings. The summed E-state index contributed by atoms with van der Waals surface area (Å²) in [6, 6.07) is 0. The monoisotopic (exact) mass is 124 g/mol. The summed E-state index contributed by atoms with van der Waals surface area (Å²) in [5.74, 6) is 1.57. The van der Waals surface area contributed by atoms with Crippen LogP contribution in [0.2, 0.25) is 0 Å². The molecule has 1 aliphatic rings. The fourth-order valence-electron chi connectivity index (χ4n) is 0.794. The molecule has 50 valence electrons. The molecule has 0 spiro atoms. The van der Waals surface area contributed by atoms with Gasteiger partial charge in [0.25, 0.3) is 0 Å². The van der Waals surface area contributed by atoms with Gasteiger partial charge in [-0.3, -0.25) is 0 Å². The molecular weight excluding hydrogens is 112 g/mol. The second-order valence-electron chi connectivity index (χ2n) is 2.65. The molecule has 0 bridgehead atoms. The summed E-state index contributed by atoms with van der Waals surface area (Å²) >= 11 is 0. The molecule has 0 unspecified atom stereocenters. The van der Waals surface area contributed by atoms with E-state index in [0.717, 1.165) is 11.3 Å². The van der Waals surface area contributed by atoms with Gasteiger partial charge in [-0.15, -0.1) is 0 Å². The Kier molecular flexibility index (Phi) is 1.60. The normalized spacial score (nSPS) is 18.1. The Bertz CT molecular complexity index is 154. The van der Waals surface area contributed by atoms with Gasteiger partial charge in [-0.05, 0) is 11.6 Å². The Hall–Kier alpha value is -0.720. The van der Waals surface area contributed by atoms with E-state index in [0.29, 0.717) is 12.5 Å². The van der Waals surface area contributed by atoms with Crippen molar-refractivity contribution in [2.45, 2.75) is 13.8 Å². The van der Waals surface area contributed by atoms with E-state index in [-0.39, 0.29) is 0 Å². The largest absolute Gasteiger partial charge is 0.493 e. The molecule has 0 aromatic heterocycles. The molecule has 0 aromatic rings. The van der Waals surface area contributed by atoms with Crippen molar-refractivity contribution in [3.8, 4) is 0 Å². The molecule has 1 nitrogen and oxygen atoms in total. The first-order valence-electron chi connectivity index (χ1n) is 3.22. The van der Waals surface area contributed by atoms with Gasteiger partial charge in [0.1, 0.15) is 6.61 Å². The van der Waals surface area contributed by atoms with Gasteiger partial charge in [-0.2, -0.15) is 0 Å². The van der Waals surface area contributed by atoms with E-state index in [1.165, 1.54) is 0 Å². The van der Waals surface area contributed by atoms with Gasteiger partial charge >= 0.3 is 0 Å². The van der Waals surface area contributed by atoms with Crippen molar-refractivity contribution in [2.24, 2.45) is 5.92 Å². The third-order valence-electron chi connectivity index (χ3n) is 1.34. The highest BCUT2D eigenvalue weighted by molar-refractivity contribution is 5.24. The van der Waals surface area contributed by atoms with Crippen molar-refractivity contribution < 1.29 is 4.74 Å². The third kappa shape index (κ3) is 1.35. The average Bonchev–Trinajstić information content (AvgIpc) is 2.14. The SMILES string of the molecule is C=C1C=C(C(C)C)OC1. The molecule has 0 radical (unpaired) electrons. The number of hydrogen-bond acceptors (Lipinski definition) is 1. The second kappa shape index (κ2) is 2.26. The van der Waals surface area contributed by atoms with Crippen molar-refractivity contribution in [3.63, 3.8) is 0 Å².